The molecule has 1 aromatic rings. The highest BCUT2D eigenvalue weighted by Gasteiger charge is 2.63. The molecule has 1 aromatic carbocycles. The van der Waals surface area contributed by atoms with Crippen molar-refractivity contribution in [2.75, 3.05) is 14.1 Å². The number of nitrogens with zero attached hydrogens (tertiary/aromatic N) is 1. The molecule has 0 saturated heterocycles. The van der Waals surface area contributed by atoms with Crippen molar-refractivity contribution in [1.29, 1.82) is 0 Å². The minimum Gasteiger partial charge on any atom is -0.510 e. The maximum absolute atomic E-state index is 13.5. The van der Waals surface area contributed by atoms with E-state index in [0.29, 0.717) is 11.1 Å². The number of aromatic hydroxyl groups is 1. The lowest BCUT2D eigenvalue weighted by Gasteiger charge is -2.50. The number of carbonyl (C=O) groups is 3. The van der Waals surface area contributed by atoms with E-state index < -0.39 is 64.1 Å². The van der Waals surface area contributed by atoms with Gasteiger partial charge in [-0.2, -0.15) is 0 Å². The first kappa shape index (κ1) is 24.5. The predicted molar refractivity (Wildman–Crippen MR) is 122 cm³/mol. The number of aliphatic hydroxyl groups is 4. The molecule has 0 spiro atoms. The number of allylic oxidation sites excluding steroid dienone is 1. The Balaban J connectivity index is 1.95. The van der Waals surface area contributed by atoms with E-state index >= 15 is 0 Å². The highest BCUT2D eigenvalue weighted by molar-refractivity contribution is 6.24. The lowest BCUT2D eigenvalue weighted by atomic mass is 9.58. The van der Waals surface area contributed by atoms with Gasteiger partial charge in [0.1, 0.15) is 28.9 Å². The number of hydrogen-bond acceptors (Lipinski definition) is 9. The Kier molecular flexibility index (Phi) is 5.76. The highest BCUT2D eigenvalue weighted by atomic mass is 16.3. The summed E-state index contributed by atoms with van der Waals surface area (Å²) in [7, 11) is 3.13. The zero-order chi connectivity index (χ0) is 26.0. The van der Waals surface area contributed by atoms with Crippen molar-refractivity contribution in [3.8, 4) is 17.6 Å². The molecule has 0 fully saturated rings. The van der Waals surface area contributed by atoms with Crippen LogP contribution in [0.2, 0.25) is 0 Å². The Bertz CT molecular complexity index is 1300. The Morgan fingerprint density at radius 3 is 2.46 bits per heavy atom. The molecular formula is C25H26N2O8. The van der Waals surface area contributed by atoms with Gasteiger partial charge in [0.2, 0.25) is 5.78 Å². The summed E-state index contributed by atoms with van der Waals surface area (Å²) in [5.74, 6) is -1.63. The van der Waals surface area contributed by atoms with Crippen LogP contribution in [0, 0.1) is 23.7 Å². The second kappa shape index (κ2) is 8.23. The van der Waals surface area contributed by atoms with Crippen LogP contribution in [0.15, 0.2) is 34.8 Å². The maximum atomic E-state index is 13.5. The van der Waals surface area contributed by atoms with Gasteiger partial charge in [0.15, 0.2) is 11.4 Å². The third-order valence-electron chi connectivity index (χ3n) is 7.02. The molecule has 10 heteroatoms. The van der Waals surface area contributed by atoms with Crippen molar-refractivity contribution in [2.24, 2.45) is 17.6 Å². The number of rotatable bonds is 2. The fourth-order valence-electron chi connectivity index (χ4n) is 5.55. The van der Waals surface area contributed by atoms with Gasteiger partial charge in [-0.3, -0.25) is 19.3 Å². The van der Waals surface area contributed by atoms with Gasteiger partial charge in [-0.15, -0.1) is 0 Å². The summed E-state index contributed by atoms with van der Waals surface area (Å²) in [6.45, 7) is 1.48. The third kappa shape index (κ3) is 3.43. The summed E-state index contributed by atoms with van der Waals surface area (Å²) in [4.78, 5) is 40.2. The van der Waals surface area contributed by atoms with Crippen LogP contribution >= 0.6 is 0 Å². The average Bonchev–Trinajstić information content (AvgIpc) is 2.75. The molecule has 3 aliphatic rings. The first-order valence-corrected chi connectivity index (χ1v) is 11.0. The first-order valence-electron chi connectivity index (χ1n) is 11.0. The molecule has 10 nitrogen and oxygen atoms in total. The molecule has 4 rings (SSSR count). The molecule has 7 N–H and O–H groups in total. The smallest absolute Gasteiger partial charge is 0.255 e. The standard InChI is InChI=1S/C25H26N2O8/c1-10(28)4-5-11-6-7-15(29)17-13(11)8-12-9-14-19(27(2)3)21(31)18(24(26)34)23(33)25(14,35)22(32)16(12)20(17)30/h6-7,10,12,14,19,28-29,31-32,35H,8-9H2,1-3H3,(H2,26,34)/t10?,12-,14-,19+,25+/m1/s1. The minimum atomic E-state index is -2.68. The number of nitrogens with two attached hydrogens (primary N) is 1. The van der Waals surface area contributed by atoms with Crippen molar-refractivity contribution < 1.29 is 39.9 Å². The van der Waals surface area contributed by atoms with Crippen LogP contribution in [0.25, 0.3) is 0 Å². The minimum absolute atomic E-state index is 0.00924. The Morgan fingerprint density at radius 2 is 1.89 bits per heavy atom. The van der Waals surface area contributed by atoms with Gasteiger partial charge in [-0.05, 0) is 57.5 Å². The van der Waals surface area contributed by atoms with E-state index in [2.05, 4.69) is 11.8 Å². The molecule has 0 bridgehead atoms. The number of primary amides is 1. The van der Waals surface area contributed by atoms with Gasteiger partial charge in [-0.25, -0.2) is 0 Å². The van der Waals surface area contributed by atoms with E-state index in [1.54, 1.807) is 14.1 Å². The van der Waals surface area contributed by atoms with Crippen LogP contribution < -0.4 is 5.73 Å². The van der Waals surface area contributed by atoms with E-state index in [4.69, 9.17) is 5.73 Å². The van der Waals surface area contributed by atoms with E-state index in [1.165, 1.54) is 24.0 Å². The van der Waals surface area contributed by atoms with Crippen LogP contribution in [0.5, 0.6) is 5.75 Å². The summed E-state index contributed by atoms with van der Waals surface area (Å²) in [6, 6.07) is 1.73. The van der Waals surface area contributed by atoms with Crippen LogP contribution in [-0.4, -0.2) is 79.7 Å². The second-order valence-electron chi connectivity index (χ2n) is 9.39. The largest absolute Gasteiger partial charge is 0.510 e. The summed E-state index contributed by atoms with van der Waals surface area (Å²) >= 11 is 0. The molecule has 5 atom stereocenters. The summed E-state index contributed by atoms with van der Waals surface area (Å²) in [5.41, 5.74) is 2.25. The van der Waals surface area contributed by atoms with Crippen molar-refractivity contribution in [2.45, 2.75) is 37.5 Å². The SMILES string of the molecule is CC(O)C#Cc1ccc(O)c2c1C[C@@H]1C[C@@H]3[C@H](N(C)C)C(O)=C(C(N)=O)C(=O)[C@@]3(O)C(O)=C1C2=O. The van der Waals surface area contributed by atoms with Crippen molar-refractivity contribution >= 4 is 17.5 Å². The molecular weight excluding hydrogens is 456 g/mol. The van der Waals surface area contributed by atoms with Crippen LogP contribution in [0.3, 0.4) is 0 Å². The van der Waals surface area contributed by atoms with Crippen LogP contribution in [0.1, 0.15) is 34.8 Å². The number of hydrogen-bond donors (Lipinski definition) is 6. The van der Waals surface area contributed by atoms with Gasteiger partial charge in [0.25, 0.3) is 5.91 Å². The van der Waals surface area contributed by atoms with Crippen molar-refractivity contribution in [3.63, 3.8) is 0 Å². The van der Waals surface area contributed by atoms with E-state index in [9.17, 15) is 39.9 Å². The Labute approximate surface area is 201 Å². The number of benzene rings is 1. The zero-order valence-corrected chi connectivity index (χ0v) is 19.4. The Morgan fingerprint density at radius 1 is 1.23 bits per heavy atom. The maximum Gasteiger partial charge on any atom is 0.255 e. The fourth-order valence-corrected chi connectivity index (χ4v) is 5.55. The van der Waals surface area contributed by atoms with E-state index in [1.807, 2.05) is 0 Å². The molecule has 0 saturated carbocycles. The molecule has 184 valence electrons. The van der Waals surface area contributed by atoms with Gasteiger partial charge in [0, 0.05) is 17.1 Å². The fraction of sp³-hybridized carbons (Fsp3) is 0.400. The molecule has 0 radical (unpaired) electrons. The molecule has 3 aliphatic carbocycles. The molecule has 1 amide bonds. The van der Waals surface area contributed by atoms with Gasteiger partial charge >= 0.3 is 0 Å². The van der Waals surface area contributed by atoms with Gasteiger partial charge in [-0.1, -0.05) is 11.8 Å². The average molecular weight is 482 g/mol. The van der Waals surface area contributed by atoms with Gasteiger partial charge in [0.05, 0.1) is 11.6 Å². The predicted octanol–water partition coefficient (Wildman–Crippen LogP) is -0.147. The number of likely N-dealkylation sites (N-methyl/N-ethyl adjacent to an activating group) is 1. The van der Waals surface area contributed by atoms with E-state index in [0.717, 1.165) is 0 Å². The third-order valence-corrected chi connectivity index (χ3v) is 7.02. The quantitative estimate of drug-likeness (QED) is 0.247. The number of phenols is 1. The normalized spacial score (nSPS) is 28.7. The number of fused-ring (bicyclic) bond motifs is 3. The number of amides is 1. The van der Waals surface area contributed by atoms with Gasteiger partial charge < -0.3 is 31.3 Å². The summed E-state index contributed by atoms with van der Waals surface area (Å²) in [6.07, 6.45) is -0.802. The van der Waals surface area contributed by atoms with Crippen molar-refractivity contribution in [1.82, 2.24) is 4.90 Å². The highest BCUT2D eigenvalue weighted by Crippen LogP contribution is 2.52. The number of carbonyl (C=O) groups excluding carboxylic acids is 3. The number of Topliss-reactive ketones (excluding diaryl/α,β-unsaturated/α-hetero) is 2. The number of ketones is 2. The Hall–Kier alpha value is -3.65. The van der Waals surface area contributed by atoms with E-state index in [-0.39, 0.29) is 29.7 Å². The lowest BCUT2D eigenvalue weighted by molar-refractivity contribution is -0.148. The molecule has 0 heterocycles. The first-order chi connectivity index (χ1) is 16.3. The molecule has 35 heavy (non-hydrogen) atoms. The number of phenolic OH excluding ortho intramolecular Hbond substituents is 1. The van der Waals surface area contributed by atoms with Crippen LogP contribution in [-0.2, 0) is 16.0 Å². The molecule has 0 aliphatic heterocycles. The topological polar surface area (TPSA) is 182 Å². The van der Waals surface area contributed by atoms with Crippen LogP contribution in [0.4, 0.5) is 0 Å². The molecule has 1 unspecified atom stereocenters. The second-order valence-corrected chi connectivity index (χ2v) is 9.39. The molecule has 0 aromatic heterocycles. The monoisotopic (exact) mass is 482 g/mol. The van der Waals surface area contributed by atoms with Crippen molar-refractivity contribution in [3.05, 3.63) is 51.5 Å². The number of aliphatic hydroxyl groups excluding tert-OH is 3. The zero-order valence-electron chi connectivity index (χ0n) is 19.4. The summed E-state index contributed by atoms with van der Waals surface area (Å²) in [5, 5.41) is 53.5. The lowest BCUT2D eigenvalue weighted by Crippen LogP contribution is -2.63. The summed E-state index contributed by atoms with van der Waals surface area (Å²) < 4.78 is 0.